The number of rotatable bonds is 8. The molecule has 0 saturated heterocycles. The van der Waals surface area contributed by atoms with Gasteiger partial charge in [0.25, 0.3) is 0 Å². The molecule has 2 aromatic carbocycles. The van der Waals surface area contributed by atoms with Crippen LogP contribution in [0.2, 0.25) is 0 Å². The minimum absolute atomic E-state index is 0.148. The van der Waals surface area contributed by atoms with Crippen LogP contribution in [-0.2, 0) is 4.79 Å². The van der Waals surface area contributed by atoms with Gasteiger partial charge in [-0.25, -0.2) is 4.98 Å². The molecule has 2 heterocycles. The van der Waals surface area contributed by atoms with E-state index in [1.807, 2.05) is 79.7 Å². The Kier molecular flexibility index (Phi) is 7.56. The predicted molar refractivity (Wildman–Crippen MR) is 135 cm³/mol. The largest absolute Gasteiger partial charge is 0.309 e. The molecule has 0 radical (unpaired) electrons. The van der Waals surface area contributed by atoms with Crippen molar-refractivity contribution in [2.75, 3.05) is 11.9 Å². The standard InChI is InChI=1S/C28H26N6O/c1-19(22-11-9-21(16-29)10-12-22)17-31-27(23-6-4-3-5-7-23)28(35)32-26-15-13-24(18-30-26)25-14-8-20(2)33-34-25/h3-15,18-19,27,31H,17H2,1-2H3,(H,30,32,35)/t19-,27-/m0/s1. The number of nitriles is 1. The molecule has 2 atom stereocenters. The first-order valence-corrected chi connectivity index (χ1v) is 11.4. The molecule has 2 N–H and O–H groups in total. The lowest BCUT2D eigenvalue weighted by Crippen LogP contribution is -2.35. The SMILES string of the molecule is Cc1ccc(-c2ccc(NC(=O)[C@@H](NC[C@H](C)c3ccc(C#N)cc3)c3ccccc3)nc2)nn1. The molecule has 7 heteroatoms. The highest BCUT2D eigenvalue weighted by Gasteiger charge is 2.21. The number of pyridine rings is 1. The van der Waals surface area contributed by atoms with Gasteiger partial charge in [-0.05, 0) is 60.4 Å². The van der Waals surface area contributed by atoms with Gasteiger partial charge < -0.3 is 10.6 Å². The molecule has 7 nitrogen and oxygen atoms in total. The molecule has 0 spiro atoms. The summed E-state index contributed by atoms with van der Waals surface area (Å²) >= 11 is 0. The van der Waals surface area contributed by atoms with E-state index in [2.05, 4.69) is 38.8 Å². The number of amides is 1. The number of carbonyl (C=O) groups is 1. The number of aromatic nitrogens is 3. The quantitative estimate of drug-likeness (QED) is 0.390. The minimum atomic E-state index is -0.554. The topological polar surface area (TPSA) is 104 Å². The van der Waals surface area contributed by atoms with Crippen molar-refractivity contribution >= 4 is 11.7 Å². The maximum Gasteiger partial charge on any atom is 0.247 e. The molecule has 0 bridgehead atoms. The molecule has 0 fully saturated rings. The van der Waals surface area contributed by atoms with E-state index < -0.39 is 6.04 Å². The third-order valence-electron chi connectivity index (χ3n) is 5.74. The van der Waals surface area contributed by atoms with Crippen LogP contribution >= 0.6 is 0 Å². The number of benzene rings is 2. The fourth-order valence-electron chi connectivity index (χ4n) is 3.68. The van der Waals surface area contributed by atoms with Gasteiger partial charge in [-0.2, -0.15) is 15.5 Å². The van der Waals surface area contributed by atoms with Crippen LogP contribution in [0.3, 0.4) is 0 Å². The van der Waals surface area contributed by atoms with E-state index in [0.717, 1.165) is 28.1 Å². The summed E-state index contributed by atoms with van der Waals surface area (Å²) in [6.07, 6.45) is 1.67. The fraction of sp³-hybridized carbons (Fsp3) is 0.179. The van der Waals surface area contributed by atoms with Crippen molar-refractivity contribution in [3.8, 4) is 17.3 Å². The lowest BCUT2D eigenvalue weighted by atomic mass is 9.98. The van der Waals surface area contributed by atoms with E-state index >= 15 is 0 Å². The highest BCUT2D eigenvalue weighted by atomic mass is 16.2. The average molecular weight is 463 g/mol. The van der Waals surface area contributed by atoms with Gasteiger partial charge in [0, 0.05) is 18.3 Å². The second-order valence-electron chi connectivity index (χ2n) is 8.37. The zero-order valence-electron chi connectivity index (χ0n) is 19.6. The number of anilines is 1. The van der Waals surface area contributed by atoms with Crippen LogP contribution < -0.4 is 10.6 Å². The number of nitrogens with zero attached hydrogens (tertiary/aromatic N) is 4. The molecular formula is C28H26N6O. The van der Waals surface area contributed by atoms with Crippen molar-refractivity contribution in [2.24, 2.45) is 0 Å². The van der Waals surface area contributed by atoms with E-state index in [1.165, 1.54) is 0 Å². The Labute approximate surface area is 204 Å². The van der Waals surface area contributed by atoms with Crippen molar-refractivity contribution in [2.45, 2.75) is 25.8 Å². The molecule has 0 saturated carbocycles. The van der Waals surface area contributed by atoms with Crippen molar-refractivity contribution in [1.29, 1.82) is 5.26 Å². The maximum atomic E-state index is 13.3. The smallest absolute Gasteiger partial charge is 0.247 e. The summed E-state index contributed by atoms with van der Waals surface area (Å²) in [4.78, 5) is 17.7. The third kappa shape index (κ3) is 6.14. The molecule has 4 aromatic rings. The molecular weight excluding hydrogens is 436 g/mol. The van der Waals surface area contributed by atoms with E-state index in [9.17, 15) is 4.79 Å². The Hall–Kier alpha value is -4.41. The molecule has 0 aliphatic heterocycles. The number of hydrogen-bond acceptors (Lipinski definition) is 6. The number of aryl methyl sites for hydroxylation is 1. The molecule has 35 heavy (non-hydrogen) atoms. The average Bonchev–Trinajstić information content (AvgIpc) is 2.90. The zero-order valence-corrected chi connectivity index (χ0v) is 19.6. The first-order valence-electron chi connectivity index (χ1n) is 11.4. The van der Waals surface area contributed by atoms with E-state index in [0.29, 0.717) is 17.9 Å². The normalized spacial score (nSPS) is 12.4. The summed E-state index contributed by atoms with van der Waals surface area (Å²) in [7, 11) is 0. The highest BCUT2D eigenvalue weighted by molar-refractivity contribution is 5.94. The lowest BCUT2D eigenvalue weighted by Gasteiger charge is -2.21. The number of hydrogen-bond donors (Lipinski definition) is 2. The van der Waals surface area contributed by atoms with Gasteiger partial charge in [-0.15, -0.1) is 0 Å². The first-order chi connectivity index (χ1) is 17.0. The van der Waals surface area contributed by atoms with Gasteiger partial charge in [-0.1, -0.05) is 49.4 Å². The predicted octanol–water partition coefficient (Wildman–Crippen LogP) is 4.79. The van der Waals surface area contributed by atoms with Crippen molar-refractivity contribution < 1.29 is 4.79 Å². The second kappa shape index (κ2) is 11.1. The van der Waals surface area contributed by atoms with Crippen LogP contribution in [-0.4, -0.2) is 27.6 Å². The van der Waals surface area contributed by atoms with E-state index in [4.69, 9.17) is 5.26 Å². The van der Waals surface area contributed by atoms with Crippen LogP contribution in [0.1, 0.15) is 41.3 Å². The van der Waals surface area contributed by atoms with Gasteiger partial charge in [0.1, 0.15) is 11.9 Å². The van der Waals surface area contributed by atoms with Crippen LogP contribution in [0.5, 0.6) is 0 Å². The maximum absolute atomic E-state index is 13.3. The second-order valence-corrected chi connectivity index (χ2v) is 8.37. The van der Waals surface area contributed by atoms with Crippen molar-refractivity contribution in [3.05, 3.63) is 107 Å². The van der Waals surface area contributed by atoms with Gasteiger partial charge in [-0.3, -0.25) is 4.79 Å². The molecule has 0 aliphatic rings. The molecule has 174 valence electrons. The fourth-order valence-corrected chi connectivity index (χ4v) is 3.68. The zero-order chi connectivity index (χ0) is 24.6. The summed E-state index contributed by atoms with van der Waals surface area (Å²) in [6, 6.07) is 26.1. The number of carbonyl (C=O) groups excluding carboxylic acids is 1. The Balaban J connectivity index is 1.46. The Morgan fingerprint density at radius 1 is 0.943 bits per heavy atom. The lowest BCUT2D eigenvalue weighted by molar-refractivity contribution is -0.118. The summed E-state index contributed by atoms with van der Waals surface area (Å²) in [5, 5.41) is 23.6. The Morgan fingerprint density at radius 3 is 2.34 bits per heavy atom. The number of nitrogens with one attached hydrogen (secondary N) is 2. The third-order valence-corrected chi connectivity index (χ3v) is 5.74. The van der Waals surface area contributed by atoms with Crippen LogP contribution in [0.4, 0.5) is 5.82 Å². The molecule has 1 amide bonds. The minimum Gasteiger partial charge on any atom is -0.309 e. The van der Waals surface area contributed by atoms with Crippen LogP contribution in [0.15, 0.2) is 85.1 Å². The van der Waals surface area contributed by atoms with Gasteiger partial charge in [0.05, 0.1) is 23.0 Å². The van der Waals surface area contributed by atoms with Crippen molar-refractivity contribution in [1.82, 2.24) is 20.5 Å². The van der Waals surface area contributed by atoms with Crippen LogP contribution in [0.25, 0.3) is 11.3 Å². The molecule has 0 unspecified atom stereocenters. The van der Waals surface area contributed by atoms with E-state index in [1.54, 1.807) is 12.3 Å². The molecule has 0 aliphatic carbocycles. The van der Waals surface area contributed by atoms with Crippen LogP contribution in [0, 0.1) is 18.3 Å². The van der Waals surface area contributed by atoms with Gasteiger partial charge in [0.15, 0.2) is 0 Å². The van der Waals surface area contributed by atoms with E-state index in [-0.39, 0.29) is 11.8 Å². The van der Waals surface area contributed by atoms with Crippen molar-refractivity contribution in [3.63, 3.8) is 0 Å². The Morgan fingerprint density at radius 2 is 1.71 bits per heavy atom. The Bertz CT molecular complexity index is 1300. The summed E-state index contributed by atoms with van der Waals surface area (Å²) < 4.78 is 0. The molecule has 4 rings (SSSR count). The summed E-state index contributed by atoms with van der Waals surface area (Å²) in [5.74, 6) is 0.412. The monoisotopic (exact) mass is 462 g/mol. The highest BCUT2D eigenvalue weighted by Crippen LogP contribution is 2.21. The first kappa shape index (κ1) is 23.7. The summed E-state index contributed by atoms with van der Waals surface area (Å²) in [5.41, 5.74) is 4.98. The molecule has 2 aromatic heterocycles. The summed E-state index contributed by atoms with van der Waals surface area (Å²) in [6.45, 7) is 4.55. The van der Waals surface area contributed by atoms with Gasteiger partial charge in [0.2, 0.25) is 5.91 Å². The van der Waals surface area contributed by atoms with Gasteiger partial charge >= 0.3 is 0 Å².